The third-order valence-corrected chi connectivity index (χ3v) is 2.98. The molecule has 0 unspecified atom stereocenters. The molecule has 1 saturated heterocycles. The zero-order valence-electron chi connectivity index (χ0n) is 10.9. The molecule has 0 radical (unpaired) electrons. The molecule has 1 aliphatic heterocycles. The van der Waals surface area contributed by atoms with Crippen molar-refractivity contribution in [2.24, 2.45) is 0 Å². The lowest BCUT2D eigenvalue weighted by atomic mass is 10.2. The number of aryl methyl sites for hydroxylation is 1. The van der Waals surface area contributed by atoms with Gasteiger partial charge in [0.05, 0.1) is 12.7 Å². The molecule has 0 N–H and O–H groups in total. The number of carbonyl (C=O) groups excluding carboxylic acids is 1. The first-order valence-corrected chi connectivity index (χ1v) is 6.24. The van der Waals surface area contributed by atoms with Crippen molar-refractivity contribution in [1.29, 1.82) is 0 Å². The fourth-order valence-corrected chi connectivity index (χ4v) is 1.92. The minimum atomic E-state index is 0.0192. The van der Waals surface area contributed by atoms with E-state index in [1.54, 1.807) is 4.90 Å². The van der Waals surface area contributed by atoms with Gasteiger partial charge in [-0.25, -0.2) is 0 Å². The predicted molar refractivity (Wildman–Crippen MR) is 68.7 cm³/mol. The van der Waals surface area contributed by atoms with Crippen LogP contribution in [0.2, 0.25) is 0 Å². The van der Waals surface area contributed by atoms with Gasteiger partial charge in [0.1, 0.15) is 5.75 Å². The van der Waals surface area contributed by atoms with E-state index >= 15 is 0 Å². The summed E-state index contributed by atoms with van der Waals surface area (Å²) in [6.07, 6.45) is 0.113. The molecule has 4 nitrogen and oxygen atoms in total. The summed E-state index contributed by atoms with van der Waals surface area (Å²) in [6, 6.07) is 7.70. The Morgan fingerprint density at radius 3 is 2.83 bits per heavy atom. The van der Waals surface area contributed by atoms with E-state index in [2.05, 4.69) is 0 Å². The molecule has 0 aromatic heterocycles. The summed E-state index contributed by atoms with van der Waals surface area (Å²) in [4.78, 5) is 13.7. The Kier molecular flexibility index (Phi) is 4.20. The number of ether oxygens (including phenoxy) is 2. The first-order valence-electron chi connectivity index (χ1n) is 6.24. The maximum Gasteiger partial charge on any atom is 0.260 e. The summed E-state index contributed by atoms with van der Waals surface area (Å²) in [5, 5.41) is 0. The molecule has 1 amide bonds. The average molecular weight is 249 g/mol. The van der Waals surface area contributed by atoms with E-state index in [4.69, 9.17) is 9.47 Å². The topological polar surface area (TPSA) is 38.8 Å². The lowest BCUT2D eigenvalue weighted by Gasteiger charge is -2.31. The van der Waals surface area contributed by atoms with Crippen LogP contribution in [0, 0.1) is 6.92 Å². The van der Waals surface area contributed by atoms with Gasteiger partial charge in [0.15, 0.2) is 6.61 Å². The van der Waals surface area contributed by atoms with Crippen LogP contribution in [0.25, 0.3) is 0 Å². The summed E-state index contributed by atoms with van der Waals surface area (Å²) < 4.78 is 10.9. The van der Waals surface area contributed by atoms with Crippen molar-refractivity contribution < 1.29 is 14.3 Å². The van der Waals surface area contributed by atoms with Crippen molar-refractivity contribution in [3.8, 4) is 5.75 Å². The van der Waals surface area contributed by atoms with Gasteiger partial charge in [0.2, 0.25) is 0 Å². The van der Waals surface area contributed by atoms with E-state index < -0.39 is 0 Å². The third kappa shape index (κ3) is 3.47. The van der Waals surface area contributed by atoms with Crippen LogP contribution in [0.5, 0.6) is 5.75 Å². The molecule has 1 aromatic rings. The van der Waals surface area contributed by atoms with Gasteiger partial charge in [-0.05, 0) is 26.0 Å². The number of rotatable bonds is 3. The molecule has 0 saturated carbocycles. The fourth-order valence-electron chi connectivity index (χ4n) is 1.92. The van der Waals surface area contributed by atoms with Crippen LogP contribution in [-0.2, 0) is 9.53 Å². The Labute approximate surface area is 107 Å². The van der Waals surface area contributed by atoms with Gasteiger partial charge in [-0.1, -0.05) is 17.7 Å². The molecule has 1 aromatic carbocycles. The quantitative estimate of drug-likeness (QED) is 0.817. The Hall–Kier alpha value is -1.55. The summed E-state index contributed by atoms with van der Waals surface area (Å²) in [6.45, 7) is 5.99. The number of carbonyl (C=O) groups is 1. The third-order valence-electron chi connectivity index (χ3n) is 2.98. The molecular weight excluding hydrogens is 230 g/mol. The monoisotopic (exact) mass is 249 g/mol. The molecule has 0 spiro atoms. The minimum Gasteiger partial charge on any atom is -0.484 e. The number of hydrogen-bond acceptors (Lipinski definition) is 3. The summed E-state index contributed by atoms with van der Waals surface area (Å²) in [5.74, 6) is 0.751. The number of benzene rings is 1. The molecule has 18 heavy (non-hydrogen) atoms. The lowest BCUT2D eigenvalue weighted by molar-refractivity contribution is -0.140. The first-order chi connectivity index (χ1) is 8.65. The van der Waals surface area contributed by atoms with Crippen LogP contribution in [0.1, 0.15) is 12.5 Å². The van der Waals surface area contributed by atoms with E-state index in [0.717, 1.165) is 5.75 Å². The average Bonchev–Trinajstić information content (AvgIpc) is 2.38. The highest BCUT2D eigenvalue weighted by Crippen LogP contribution is 2.12. The molecule has 2 rings (SSSR count). The zero-order chi connectivity index (χ0) is 13.0. The molecule has 1 atom stereocenters. The molecule has 4 heteroatoms. The summed E-state index contributed by atoms with van der Waals surface area (Å²) >= 11 is 0. The van der Waals surface area contributed by atoms with Gasteiger partial charge in [-0.15, -0.1) is 0 Å². The molecule has 0 bridgehead atoms. The van der Waals surface area contributed by atoms with Gasteiger partial charge in [-0.2, -0.15) is 0 Å². The minimum absolute atomic E-state index is 0.0192. The van der Waals surface area contributed by atoms with Crippen LogP contribution >= 0.6 is 0 Å². The van der Waals surface area contributed by atoms with Gasteiger partial charge in [0.25, 0.3) is 5.91 Å². The zero-order valence-corrected chi connectivity index (χ0v) is 10.9. The summed E-state index contributed by atoms with van der Waals surface area (Å²) in [7, 11) is 0. The van der Waals surface area contributed by atoms with Crippen LogP contribution in [-0.4, -0.2) is 43.2 Å². The predicted octanol–water partition coefficient (Wildman–Crippen LogP) is 1.62. The van der Waals surface area contributed by atoms with Gasteiger partial charge in [0, 0.05) is 13.1 Å². The second-order valence-corrected chi connectivity index (χ2v) is 4.62. The molecule has 1 aliphatic rings. The standard InChI is InChI=1S/C14H19NO3/c1-11-3-5-13(6-4-11)18-10-14(16)15-7-8-17-12(2)9-15/h3-6,12H,7-10H2,1-2H3/t12-/m0/s1. The van der Waals surface area contributed by atoms with E-state index in [9.17, 15) is 4.79 Å². The Balaban J connectivity index is 1.82. The first kappa shape index (κ1) is 12.9. The van der Waals surface area contributed by atoms with Crippen molar-refractivity contribution in [3.63, 3.8) is 0 Å². The number of amides is 1. The number of hydrogen-bond donors (Lipinski definition) is 0. The highest BCUT2D eigenvalue weighted by Gasteiger charge is 2.21. The van der Waals surface area contributed by atoms with E-state index in [1.165, 1.54) is 5.56 Å². The van der Waals surface area contributed by atoms with E-state index in [1.807, 2.05) is 38.1 Å². The van der Waals surface area contributed by atoms with E-state index in [0.29, 0.717) is 19.7 Å². The van der Waals surface area contributed by atoms with Crippen LogP contribution in [0.3, 0.4) is 0 Å². The fraction of sp³-hybridized carbons (Fsp3) is 0.500. The second-order valence-electron chi connectivity index (χ2n) is 4.62. The van der Waals surface area contributed by atoms with E-state index in [-0.39, 0.29) is 18.6 Å². The smallest absolute Gasteiger partial charge is 0.260 e. The highest BCUT2D eigenvalue weighted by molar-refractivity contribution is 5.77. The van der Waals surface area contributed by atoms with Crippen molar-refractivity contribution in [2.75, 3.05) is 26.3 Å². The largest absolute Gasteiger partial charge is 0.484 e. The highest BCUT2D eigenvalue weighted by atomic mass is 16.5. The molecule has 98 valence electrons. The normalized spacial score (nSPS) is 19.7. The molecule has 1 fully saturated rings. The van der Waals surface area contributed by atoms with Crippen molar-refractivity contribution >= 4 is 5.91 Å². The van der Waals surface area contributed by atoms with Crippen LogP contribution < -0.4 is 4.74 Å². The Bertz CT molecular complexity index is 402. The van der Waals surface area contributed by atoms with Crippen molar-refractivity contribution in [3.05, 3.63) is 29.8 Å². The Morgan fingerprint density at radius 2 is 2.17 bits per heavy atom. The summed E-state index contributed by atoms with van der Waals surface area (Å²) in [5.41, 5.74) is 1.18. The Morgan fingerprint density at radius 1 is 1.44 bits per heavy atom. The van der Waals surface area contributed by atoms with Gasteiger partial charge in [-0.3, -0.25) is 4.79 Å². The SMILES string of the molecule is Cc1ccc(OCC(=O)N2CCO[C@@H](C)C2)cc1. The van der Waals surface area contributed by atoms with Crippen LogP contribution in [0.15, 0.2) is 24.3 Å². The molecular formula is C14H19NO3. The number of morpholine rings is 1. The van der Waals surface area contributed by atoms with Gasteiger partial charge >= 0.3 is 0 Å². The van der Waals surface area contributed by atoms with Crippen LogP contribution in [0.4, 0.5) is 0 Å². The molecule has 1 heterocycles. The van der Waals surface area contributed by atoms with Crippen molar-refractivity contribution in [1.82, 2.24) is 4.90 Å². The maximum absolute atomic E-state index is 11.9. The van der Waals surface area contributed by atoms with Crippen molar-refractivity contribution in [2.45, 2.75) is 20.0 Å². The van der Waals surface area contributed by atoms with Gasteiger partial charge < -0.3 is 14.4 Å². The second kappa shape index (κ2) is 5.87. The number of nitrogens with zero attached hydrogens (tertiary/aromatic N) is 1. The molecule has 0 aliphatic carbocycles. The lowest BCUT2D eigenvalue weighted by Crippen LogP contribution is -2.46. The maximum atomic E-state index is 11.9.